The number of aromatic amines is 1. The Morgan fingerprint density at radius 3 is 2.30 bits per heavy atom. The quantitative estimate of drug-likeness (QED) is 0.856. The third-order valence-corrected chi connectivity index (χ3v) is 2.88. The van der Waals surface area contributed by atoms with Gasteiger partial charge in [-0.1, -0.05) is 24.3 Å². The highest BCUT2D eigenvalue weighted by molar-refractivity contribution is 6.73. The molecule has 0 aliphatic carbocycles. The van der Waals surface area contributed by atoms with Crippen molar-refractivity contribution in [1.82, 2.24) is 4.98 Å². The van der Waals surface area contributed by atoms with Crippen LogP contribution in [-0.4, -0.2) is 12.0 Å². The van der Waals surface area contributed by atoms with Crippen molar-refractivity contribution in [3.63, 3.8) is 0 Å². The molecule has 0 radical (unpaired) electrons. The highest BCUT2D eigenvalue weighted by atomic mass is 19.4. The smallest absolute Gasteiger partial charge is 0.445 e. The maximum atomic E-state index is 12.6. The first-order valence-corrected chi connectivity index (χ1v) is 5.77. The first kappa shape index (κ1) is 13.9. The lowest BCUT2D eigenvalue weighted by Gasteiger charge is -2.15. The maximum Gasteiger partial charge on any atom is 0.509 e. The number of H-pyrrole nitrogens is 1. The minimum absolute atomic E-state index is 0.110. The molecule has 2 rings (SSSR count). The number of aromatic nitrogens is 1. The average Bonchev–Trinajstić information content (AvgIpc) is 2.37. The largest absolute Gasteiger partial charge is 0.509 e. The van der Waals surface area contributed by atoms with Crippen LogP contribution < -0.4 is 11.0 Å². The van der Waals surface area contributed by atoms with Crippen molar-refractivity contribution in [2.24, 2.45) is 0 Å². The standard InChI is InChI=1S/C13H9BF3N2O/c1-8-6-11(12(7-18)13(20)19-8)9-2-4-10(5-3-9)14(15,16)17/h2-6H,1H3,(H,19,20)/q-1. The Morgan fingerprint density at radius 1 is 1.20 bits per heavy atom. The van der Waals surface area contributed by atoms with Crippen molar-refractivity contribution in [2.75, 3.05) is 0 Å². The Hall–Kier alpha value is -2.49. The summed E-state index contributed by atoms with van der Waals surface area (Å²) in [7, 11) is 0. The van der Waals surface area contributed by atoms with Crippen molar-refractivity contribution in [1.29, 1.82) is 5.26 Å². The zero-order valence-electron chi connectivity index (χ0n) is 10.5. The van der Waals surface area contributed by atoms with Crippen molar-refractivity contribution in [2.45, 2.75) is 6.92 Å². The van der Waals surface area contributed by atoms with E-state index in [1.807, 2.05) is 0 Å². The summed E-state index contributed by atoms with van der Waals surface area (Å²) < 4.78 is 37.7. The number of pyridine rings is 1. The predicted octanol–water partition coefficient (Wildman–Crippen LogP) is 2.28. The molecule has 102 valence electrons. The van der Waals surface area contributed by atoms with Gasteiger partial charge in [-0.3, -0.25) is 4.79 Å². The van der Waals surface area contributed by atoms with Crippen LogP contribution in [0.2, 0.25) is 0 Å². The number of hydrogen-bond acceptors (Lipinski definition) is 2. The summed E-state index contributed by atoms with van der Waals surface area (Å²) >= 11 is 0. The van der Waals surface area contributed by atoms with E-state index in [1.54, 1.807) is 19.1 Å². The average molecular weight is 277 g/mol. The topological polar surface area (TPSA) is 56.6 Å². The van der Waals surface area contributed by atoms with Crippen molar-refractivity contribution >= 4 is 12.4 Å². The molecule has 0 unspecified atom stereocenters. The minimum Gasteiger partial charge on any atom is -0.445 e. The Bertz CT molecular complexity index is 742. The van der Waals surface area contributed by atoms with E-state index in [9.17, 15) is 17.7 Å². The lowest BCUT2D eigenvalue weighted by Crippen LogP contribution is -2.33. The Balaban J connectivity index is 2.59. The number of benzene rings is 1. The van der Waals surface area contributed by atoms with Crippen LogP contribution in [0.3, 0.4) is 0 Å². The second kappa shape index (κ2) is 4.89. The van der Waals surface area contributed by atoms with Gasteiger partial charge in [0.15, 0.2) is 0 Å². The molecule has 0 amide bonds. The number of nitrogens with zero attached hydrogens (tertiary/aromatic N) is 1. The van der Waals surface area contributed by atoms with Crippen LogP contribution in [0.15, 0.2) is 35.1 Å². The lowest BCUT2D eigenvalue weighted by atomic mass is 9.79. The second-order valence-corrected chi connectivity index (χ2v) is 4.38. The van der Waals surface area contributed by atoms with E-state index in [0.717, 1.165) is 12.1 Å². The van der Waals surface area contributed by atoms with Crippen molar-refractivity contribution in [3.8, 4) is 17.2 Å². The molecule has 20 heavy (non-hydrogen) atoms. The molecule has 2 aromatic rings. The molecule has 1 aromatic carbocycles. The summed E-state index contributed by atoms with van der Waals surface area (Å²) in [5.41, 5.74) is -0.107. The summed E-state index contributed by atoms with van der Waals surface area (Å²) in [6.45, 7) is -3.42. The van der Waals surface area contributed by atoms with Gasteiger partial charge in [0.05, 0.1) is 0 Å². The molecule has 0 spiro atoms. The number of halogens is 3. The second-order valence-electron chi connectivity index (χ2n) is 4.38. The number of nitrogens with one attached hydrogen (secondary N) is 1. The lowest BCUT2D eigenvalue weighted by molar-refractivity contribution is 0.501. The van der Waals surface area contributed by atoms with Gasteiger partial charge in [-0.05, 0) is 18.6 Å². The first-order valence-electron chi connectivity index (χ1n) is 5.77. The summed E-state index contributed by atoms with van der Waals surface area (Å²) in [6.07, 6.45) is 0. The van der Waals surface area contributed by atoms with Gasteiger partial charge in [0.1, 0.15) is 11.6 Å². The van der Waals surface area contributed by atoms with Crippen LogP contribution in [0.5, 0.6) is 0 Å². The zero-order valence-corrected chi connectivity index (χ0v) is 10.5. The van der Waals surface area contributed by atoms with Gasteiger partial charge in [-0.25, -0.2) is 0 Å². The fourth-order valence-corrected chi connectivity index (χ4v) is 1.91. The van der Waals surface area contributed by atoms with Gasteiger partial charge < -0.3 is 17.9 Å². The summed E-state index contributed by atoms with van der Waals surface area (Å²) in [5, 5.41) is 8.99. The Labute approximate surface area is 112 Å². The zero-order chi connectivity index (χ0) is 14.9. The van der Waals surface area contributed by atoms with E-state index in [2.05, 4.69) is 4.98 Å². The highest BCUT2D eigenvalue weighted by Crippen LogP contribution is 2.22. The molecule has 0 bridgehead atoms. The molecule has 0 saturated heterocycles. The third-order valence-electron chi connectivity index (χ3n) is 2.88. The van der Waals surface area contributed by atoms with Crippen molar-refractivity contribution < 1.29 is 12.9 Å². The van der Waals surface area contributed by atoms with E-state index < -0.39 is 18.0 Å². The molecule has 0 saturated carbocycles. The molecule has 0 atom stereocenters. The van der Waals surface area contributed by atoms with Crippen LogP contribution in [0.1, 0.15) is 11.3 Å². The molecular weight excluding hydrogens is 268 g/mol. The highest BCUT2D eigenvalue weighted by Gasteiger charge is 2.25. The summed E-state index contributed by atoms with van der Waals surface area (Å²) in [6, 6.07) is 7.77. The van der Waals surface area contributed by atoms with Gasteiger partial charge in [-0.2, -0.15) is 5.26 Å². The fraction of sp³-hybridized carbons (Fsp3) is 0.0769. The van der Waals surface area contributed by atoms with Gasteiger partial charge in [-0.15, -0.1) is 5.46 Å². The van der Waals surface area contributed by atoms with Crippen LogP contribution in [-0.2, 0) is 0 Å². The van der Waals surface area contributed by atoms with E-state index >= 15 is 0 Å². The molecule has 0 aliphatic heterocycles. The molecular formula is C13H9BF3N2O-. The molecule has 1 N–H and O–H groups in total. The molecule has 3 nitrogen and oxygen atoms in total. The van der Waals surface area contributed by atoms with Crippen LogP contribution in [0, 0.1) is 18.3 Å². The Kier molecular flexibility index (Phi) is 3.41. The molecule has 7 heteroatoms. The van der Waals surface area contributed by atoms with Gasteiger partial charge >= 0.3 is 6.98 Å². The number of hydrogen-bond donors (Lipinski definition) is 1. The normalized spacial score (nSPS) is 11.2. The monoisotopic (exact) mass is 277 g/mol. The van der Waals surface area contributed by atoms with Crippen LogP contribution in [0.4, 0.5) is 12.9 Å². The fourth-order valence-electron chi connectivity index (χ4n) is 1.91. The predicted molar refractivity (Wildman–Crippen MR) is 70.7 cm³/mol. The van der Waals surface area contributed by atoms with Crippen LogP contribution >= 0.6 is 0 Å². The first-order chi connectivity index (χ1) is 9.32. The summed E-state index contributed by atoms with van der Waals surface area (Å²) in [4.78, 5) is 14.1. The van der Waals surface area contributed by atoms with Crippen molar-refractivity contribution in [3.05, 3.63) is 51.9 Å². The van der Waals surface area contributed by atoms with Gasteiger partial charge in [0.25, 0.3) is 5.56 Å². The molecule has 1 heterocycles. The third kappa shape index (κ3) is 2.59. The number of rotatable bonds is 2. The minimum atomic E-state index is -5.05. The van der Waals surface area contributed by atoms with Gasteiger partial charge in [0.2, 0.25) is 0 Å². The van der Waals surface area contributed by atoms with E-state index in [-0.39, 0.29) is 5.56 Å². The van der Waals surface area contributed by atoms with E-state index in [1.165, 1.54) is 12.1 Å². The number of aryl methyl sites for hydroxylation is 1. The van der Waals surface area contributed by atoms with Crippen LogP contribution in [0.25, 0.3) is 11.1 Å². The molecule has 0 aliphatic rings. The van der Waals surface area contributed by atoms with Gasteiger partial charge in [0, 0.05) is 11.3 Å². The summed E-state index contributed by atoms with van der Waals surface area (Å²) in [5.74, 6) is 0. The van der Waals surface area contributed by atoms with E-state index in [0.29, 0.717) is 16.8 Å². The molecule has 0 fully saturated rings. The Morgan fingerprint density at radius 2 is 1.80 bits per heavy atom. The number of nitriles is 1. The molecule has 1 aromatic heterocycles. The SMILES string of the molecule is Cc1cc(-c2ccc([B-](F)(F)F)cc2)c(C#N)c(=O)[nH]1. The maximum absolute atomic E-state index is 12.6. The van der Waals surface area contributed by atoms with E-state index in [4.69, 9.17) is 5.26 Å².